The molecule has 2 heteroatoms. The molecule has 0 amide bonds. The molecule has 24 heavy (non-hydrogen) atoms. The number of hydrogen-bond donors (Lipinski definition) is 1. The van der Waals surface area contributed by atoms with Crippen LogP contribution in [0.2, 0.25) is 0 Å². The molecule has 0 radical (unpaired) electrons. The standard InChI is InChI=1S/C22H30O2/c1-2-3-4-5-6-7-8-12-17-24-20-15-16-21(22(23)18-20)19-13-10-9-11-14-19/h9-11,13-16,18,23H,2-8,12,17H2,1H3. The van der Waals surface area contributed by atoms with E-state index in [0.717, 1.165) is 29.9 Å². The van der Waals surface area contributed by atoms with Gasteiger partial charge in [0.15, 0.2) is 0 Å². The summed E-state index contributed by atoms with van der Waals surface area (Å²) in [5, 5.41) is 10.2. The largest absolute Gasteiger partial charge is 0.507 e. The van der Waals surface area contributed by atoms with Gasteiger partial charge < -0.3 is 9.84 Å². The van der Waals surface area contributed by atoms with E-state index in [1.54, 1.807) is 6.07 Å². The Kier molecular flexibility index (Phi) is 8.23. The van der Waals surface area contributed by atoms with Crippen LogP contribution in [0.15, 0.2) is 48.5 Å². The lowest BCUT2D eigenvalue weighted by Gasteiger charge is -2.09. The summed E-state index contributed by atoms with van der Waals surface area (Å²) < 4.78 is 5.76. The van der Waals surface area contributed by atoms with Crippen molar-refractivity contribution in [1.29, 1.82) is 0 Å². The molecule has 0 aliphatic rings. The lowest BCUT2D eigenvalue weighted by atomic mass is 10.0. The third-order valence-corrected chi connectivity index (χ3v) is 4.32. The maximum atomic E-state index is 10.2. The van der Waals surface area contributed by atoms with E-state index >= 15 is 0 Å². The third-order valence-electron chi connectivity index (χ3n) is 4.32. The van der Waals surface area contributed by atoms with Gasteiger partial charge in [-0.2, -0.15) is 0 Å². The molecule has 0 aliphatic heterocycles. The van der Waals surface area contributed by atoms with E-state index in [9.17, 15) is 5.11 Å². The summed E-state index contributed by atoms with van der Waals surface area (Å²) in [5.41, 5.74) is 1.86. The van der Waals surface area contributed by atoms with Crippen LogP contribution in [0.3, 0.4) is 0 Å². The zero-order valence-corrected chi connectivity index (χ0v) is 14.8. The molecule has 0 atom stereocenters. The molecule has 0 bridgehead atoms. The topological polar surface area (TPSA) is 29.5 Å². The second kappa shape index (κ2) is 10.7. The highest BCUT2D eigenvalue weighted by Gasteiger charge is 2.05. The minimum Gasteiger partial charge on any atom is -0.507 e. The van der Waals surface area contributed by atoms with Crippen molar-refractivity contribution in [3.05, 3.63) is 48.5 Å². The Morgan fingerprint density at radius 3 is 2.12 bits per heavy atom. The number of rotatable bonds is 11. The van der Waals surface area contributed by atoms with Gasteiger partial charge in [0.05, 0.1) is 6.61 Å². The van der Waals surface area contributed by atoms with Crippen molar-refractivity contribution >= 4 is 0 Å². The van der Waals surface area contributed by atoms with Crippen LogP contribution < -0.4 is 4.74 Å². The van der Waals surface area contributed by atoms with E-state index in [2.05, 4.69) is 6.92 Å². The van der Waals surface area contributed by atoms with Crippen LogP contribution in [0.25, 0.3) is 11.1 Å². The van der Waals surface area contributed by atoms with Gasteiger partial charge in [0.25, 0.3) is 0 Å². The Bertz CT molecular complexity index is 578. The maximum Gasteiger partial charge on any atom is 0.127 e. The number of phenols is 1. The van der Waals surface area contributed by atoms with Gasteiger partial charge in [0.2, 0.25) is 0 Å². The number of ether oxygens (including phenoxy) is 1. The predicted molar refractivity (Wildman–Crippen MR) is 102 cm³/mol. The quantitative estimate of drug-likeness (QED) is 0.473. The Labute approximate surface area is 146 Å². The highest BCUT2D eigenvalue weighted by Crippen LogP contribution is 2.32. The first-order valence-corrected chi connectivity index (χ1v) is 9.32. The Morgan fingerprint density at radius 2 is 1.46 bits per heavy atom. The lowest BCUT2D eigenvalue weighted by molar-refractivity contribution is 0.302. The SMILES string of the molecule is CCCCCCCCCCOc1ccc(-c2ccccc2)c(O)c1. The van der Waals surface area contributed by atoms with Gasteiger partial charge in [-0.1, -0.05) is 82.2 Å². The van der Waals surface area contributed by atoms with Crippen molar-refractivity contribution < 1.29 is 9.84 Å². The maximum absolute atomic E-state index is 10.2. The van der Waals surface area contributed by atoms with Gasteiger partial charge in [-0.25, -0.2) is 0 Å². The number of hydrogen-bond acceptors (Lipinski definition) is 2. The monoisotopic (exact) mass is 326 g/mol. The lowest BCUT2D eigenvalue weighted by Crippen LogP contribution is -1.97. The number of phenolic OH excluding ortho intramolecular Hbond substituents is 1. The van der Waals surface area contributed by atoms with Gasteiger partial charge in [-0.15, -0.1) is 0 Å². The molecular formula is C22H30O2. The van der Waals surface area contributed by atoms with Crippen LogP contribution in [0, 0.1) is 0 Å². The predicted octanol–water partition coefficient (Wildman–Crippen LogP) is 6.58. The number of benzene rings is 2. The van der Waals surface area contributed by atoms with Crippen molar-refractivity contribution in [2.24, 2.45) is 0 Å². The van der Waals surface area contributed by atoms with Crippen molar-refractivity contribution in [3.8, 4) is 22.6 Å². The molecule has 2 nitrogen and oxygen atoms in total. The smallest absolute Gasteiger partial charge is 0.127 e. The number of aromatic hydroxyl groups is 1. The molecule has 0 spiro atoms. The van der Waals surface area contributed by atoms with Gasteiger partial charge in [0, 0.05) is 11.6 Å². The van der Waals surface area contributed by atoms with Crippen LogP contribution in [0.1, 0.15) is 58.3 Å². The zero-order valence-electron chi connectivity index (χ0n) is 14.8. The third kappa shape index (κ3) is 6.27. The summed E-state index contributed by atoms with van der Waals surface area (Å²) in [5.74, 6) is 1.02. The van der Waals surface area contributed by atoms with E-state index in [-0.39, 0.29) is 5.75 Å². The van der Waals surface area contributed by atoms with Gasteiger partial charge >= 0.3 is 0 Å². The summed E-state index contributed by atoms with van der Waals surface area (Å²) in [6.45, 7) is 2.97. The highest BCUT2D eigenvalue weighted by molar-refractivity contribution is 5.70. The fourth-order valence-corrected chi connectivity index (χ4v) is 2.89. The first-order valence-electron chi connectivity index (χ1n) is 9.32. The van der Waals surface area contributed by atoms with Crippen molar-refractivity contribution in [2.45, 2.75) is 58.3 Å². The summed E-state index contributed by atoms with van der Waals surface area (Å²) in [6, 6.07) is 15.5. The highest BCUT2D eigenvalue weighted by atomic mass is 16.5. The van der Waals surface area contributed by atoms with Crippen LogP contribution in [0.5, 0.6) is 11.5 Å². The Morgan fingerprint density at radius 1 is 0.792 bits per heavy atom. The van der Waals surface area contributed by atoms with Crippen molar-refractivity contribution in [2.75, 3.05) is 6.61 Å². The van der Waals surface area contributed by atoms with E-state index in [1.807, 2.05) is 42.5 Å². The molecule has 0 aromatic heterocycles. The van der Waals surface area contributed by atoms with Crippen LogP contribution in [0.4, 0.5) is 0 Å². The molecule has 1 N–H and O–H groups in total. The molecule has 130 valence electrons. The first kappa shape index (κ1) is 18.4. The zero-order chi connectivity index (χ0) is 17.0. The second-order valence-corrected chi connectivity index (χ2v) is 6.37. The summed E-state index contributed by atoms with van der Waals surface area (Å²) in [4.78, 5) is 0. The molecule has 0 heterocycles. The van der Waals surface area contributed by atoms with Crippen molar-refractivity contribution in [3.63, 3.8) is 0 Å². The molecule has 0 aliphatic carbocycles. The molecule has 2 rings (SSSR count). The minimum atomic E-state index is 0.273. The van der Waals surface area contributed by atoms with Gasteiger partial charge in [-0.05, 0) is 24.1 Å². The molecule has 2 aromatic rings. The van der Waals surface area contributed by atoms with E-state index in [0.29, 0.717) is 0 Å². The normalized spacial score (nSPS) is 10.7. The summed E-state index contributed by atoms with van der Waals surface area (Å²) >= 11 is 0. The Balaban J connectivity index is 1.68. The fraction of sp³-hybridized carbons (Fsp3) is 0.455. The average Bonchev–Trinajstić information content (AvgIpc) is 2.61. The van der Waals surface area contributed by atoms with Crippen LogP contribution in [-0.2, 0) is 0 Å². The minimum absolute atomic E-state index is 0.273. The fourth-order valence-electron chi connectivity index (χ4n) is 2.89. The van der Waals surface area contributed by atoms with Gasteiger partial charge in [0.1, 0.15) is 11.5 Å². The second-order valence-electron chi connectivity index (χ2n) is 6.37. The van der Waals surface area contributed by atoms with Crippen molar-refractivity contribution in [1.82, 2.24) is 0 Å². The molecule has 2 aromatic carbocycles. The number of unbranched alkanes of at least 4 members (excludes halogenated alkanes) is 7. The summed E-state index contributed by atoms with van der Waals surface area (Å²) in [6.07, 6.45) is 10.4. The average molecular weight is 326 g/mol. The molecule has 0 unspecified atom stereocenters. The van der Waals surface area contributed by atoms with E-state index < -0.39 is 0 Å². The van der Waals surface area contributed by atoms with Crippen LogP contribution >= 0.6 is 0 Å². The van der Waals surface area contributed by atoms with Gasteiger partial charge in [-0.3, -0.25) is 0 Å². The van der Waals surface area contributed by atoms with Crippen LogP contribution in [-0.4, -0.2) is 11.7 Å². The first-order chi connectivity index (χ1) is 11.8. The molecule has 0 fully saturated rings. The Hall–Kier alpha value is -1.96. The molecular weight excluding hydrogens is 296 g/mol. The van der Waals surface area contributed by atoms with E-state index in [1.165, 1.54) is 44.9 Å². The van der Waals surface area contributed by atoms with E-state index in [4.69, 9.17) is 4.74 Å². The molecule has 0 saturated heterocycles. The summed E-state index contributed by atoms with van der Waals surface area (Å²) in [7, 11) is 0. The molecule has 0 saturated carbocycles.